The molecule has 1 aliphatic rings. The van der Waals surface area contributed by atoms with Crippen LogP contribution >= 0.6 is 0 Å². The molecule has 0 radical (unpaired) electrons. The topological polar surface area (TPSA) is 56.2 Å². The zero-order valence-corrected chi connectivity index (χ0v) is 16.3. The maximum Gasteiger partial charge on any atom is 0.272 e. The lowest BCUT2D eigenvalue weighted by Crippen LogP contribution is -2.29. The van der Waals surface area contributed by atoms with E-state index in [0.717, 1.165) is 53.9 Å². The molecule has 1 atom stereocenters. The lowest BCUT2D eigenvalue weighted by atomic mass is 10.0. The van der Waals surface area contributed by atoms with Crippen molar-refractivity contribution in [3.63, 3.8) is 0 Å². The van der Waals surface area contributed by atoms with Crippen molar-refractivity contribution in [2.24, 2.45) is 0 Å². The summed E-state index contributed by atoms with van der Waals surface area (Å²) in [5, 5.41) is 7.87. The first-order chi connectivity index (χ1) is 13.7. The molecular weight excluding hydrogens is 350 g/mol. The van der Waals surface area contributed by atoms with Gasteiger partial charge >= 0.3 is 0 Å². The van der Waals surface area contributed by atoms with Crippen molar-refractivity contribution in [2.45, 2.75) is 38.6 Å². The molecule has 1 aliphatic carbocycles. The van der Waals surface area contributed by atoms with E-state index in [-0.39, 0.29) is 11.9 Å². The molecule has 28 heavy (non-hydrogen) atoms. The fourth-order valence-corrected chi connectivity index (χ4v) is 3.89. The van der Waals surface area contributed by atoms with Gasteiger partial charge in [0.25, 0.3) is 5.91 Å². The molecule has 2 aromatic carbocycles. The van der Waals surface area contributed by atoms with Gasteiger partial charge in [-0.25, -0.2) is 4.68 Å². The van der Waals surface area contributed by atoms with E-state index >= 15 is 0 Å². The predicted octanol–water partition coefficient (Wildman–Crippen LogP) is 4.25. The largest absolute Gasteiger partial charge is 0.497 e. The highest BCUT2D eigenvalue weighted by Gasteiger charge is 2.28. The molecule has 0 saturated heterocycles. The third-order valence-corrected chi connectivity index (χ3v) is 5.38. The van der Waals surface area contributed by atoms with Gasteiger partial charge in [0.2, 0.25) is 0 Å². The molecule has 3 aromatic rings. The van der Waals surface area contributed by atoms with Crippen LogP contribution in [0.1, 0.15) is 53.1 Å². The number of benzene rings is 2. The molecule has 0 bridgehead atoms. The molecule has 0 fully saturated rings. The Morgan fingerprint density at radius 3 is 2.57 bits per heavy atom. The predicted molar refractivity (Wildman–Crippen MR) is 109 cm³/mol. The Morgan fingerprint density at radius 1 is 1.14 bits per heavy atom. The van der Waals surface area contributed by atoms with Gasteiger partial charge in [-0.1, -0.05) is 37.3 Å². The van der Waals surface area contributed by atoms with Crippen molar-refractivity contribution < 1.29 is 9.53 Å². The third-order valence-electron chi connectivity index (χ3n) is 5.38. The number of amides is 1. The zero-order valence-electron chi connectivity index (χ0n) is 16.3. The average molecular weight is 375 g/mol. The number of fused-ring (bicyclic) bond motifs is 1. The number of hydrogen-bond acceptors (Lipinski definition) is 3. The van der Waals surface area contributed by atoms with Gasteiger partial charge in [-0.15, -0.1) is 0 Å². The Kier molecular flexibility index (Phi) is 5.15. The quantitative estimate of drug-likeness (QED) is 0.701. The molecule has 0 aliphatic heterocycles. The number of methoxy groups -OCH3 is 1. The second-order valence-electron chi connectivity index (χ2n) is 7.08. The number of nitrogens with zero attached hydrogens (tertiary/aromatic N) is 2. The first-order valence-corrected chi connectivity index (χ1v) is 9.82. The molecule has 5 heteroatoms. The Labute approximate surface area is 165 Å². The number of carbonyl (C=O) groups is 1. The Balaban J connectivity index is 1.61. The number of hydrogen-bond donors (Lipinski definition) is 1. The van der Waals surface area contributed by atoms with Crippen LogP contribution in [0, 0.1) is 0 Å². The highest BCUT2D eigenvalue weighted by atomic mass is 16.5. The highest BCUT2D eigenvalue weighted by Crippen LogP contribution is 2.28. The Hall–Kier alpha value is -3.08. The summed E-state index contributed by atoms with van der Waals surface area (Å²) in [6.45, 7) is 2.07. The van der Waals surface area contributed by atoms with Crippen LogP contribution in [-0.4, -0.2) is 22.8 Å². The molecule has 4 rings (SSSR count). The zero-order chi connectivity index (χ0) is 19.5. The van der Waals surface area contributed by atoms with E-state index in [2.05, 4.69) is 12.2 Å². The van der Waals surface area contributed by atoms with E-state index in [0.29, 0.717) is 5.69 Å². The van der Waals surface area contributed by atoms with Gasteiger partial charge in [0.1, 0.15) is 5.75 Å². The van der Waals surface area contributed by atoms with Gasteiger partial charge in [-0.3, -0.25) is 4.79 Å². The molecule has 1 aromatic heterocycles. The first-order valence-electron chi connectivity index (χ1n) is 9.82. The fourth-order valence-electron chi connectivity index (χ4n) is 3.89. The fraction of sp³-hybridized carbons (Fsp3) is 0.304. The molecule has 1 unspecified atom stereocenters. The van der Waals surface area contributed by atoms with E-state index < -0.39 is 0 Å². The second-order valence-corrected chi connectivity index (χ2v) is 7.08. The first kappa shape index (κ1) is 18.3. The van der Waals surface area contributed by atoms with E-state index in [4.69, 9.17) is 9.84 Å². The molecular formula is C23H25N3O2. The average Bonchev–Trinajstić information content (AvgIpc) is 3.35. The summed E-state index contributed by atoms with van der Waals surface area (Å²) in [4.78, 5) is 13.1. The summed E-state index contributed by atoms with van der Waals surface area (Å²) in [5.41, 5.74) is 4.88. The summed E-state index contributed by atoms with van der Waals surface area (Å²) in [6.07, 6.45) is 3.74. The van der Waals surface area contributed by atoms with Gasteiger partial charge in [0, 0.05) is 11.3 Å². The van der Waals surface area contributed by atoms with E-state index in [1.807, 2.05) is 59.3 Å². The maximum atomic E-state index is 13.1. The van der Waals surface area contributed by atoms with Gasteiger partial charge < -0.3 is 10.1 Å². The minimum atomic E-state index is -0.101. The minimum absolute atomic E-state index is 0.0580. The second kappa shape index (κ2) is 7.89. The van der Waals surface area contributed by atoms with Crippen LogP contribution in [0.25, 0.3) is 5.69 Å². The number of rotatable bonds is 6. The maximum absolute atomic E-state index is 13.1. The van der Waals surface area contributed by atoms with Crippen molar-refractivity contribution in [2.75, 3.05) is 7.11 Å². The molecule has 1 amide bonds. The summed E-state index contributed by atoms with van der Waals surface area (Å²) in [7, 11) is 1.65. The molecule has 0 saturated carbocycles. The summed E-state index contributed by atoms with van der Waals surface area (Å²) in [5.74, 6) is 0.708. The molecule has 5 nitrogen and oxygen atoms in total. The smallest absolute Gasteiger partial charge is 0.272 e. The van der Waals surface area contributed by atoms with E-state index in [1.165, 1.54) is 0 Å². The van der Waals surface area contributed by atoms with Crippen molar-refractivity contribution in [3.05, 3.63) is 77.1 Å². The Morgan fingerprint density at radius 2 is 1.89 bits per heavy atom. The van der Waals surface area contributed by atoms with Crippen LogP contribution in [0.4, 0.5) is 0 Å². The SMILES string of the molecule is CCC(NC(=O)c1nn(-c2ccccc2)c2c1CCC2)c1ccc(OC)cc1. The standard InChI is InChI=1S/C23H25N3O2/c1-3-20(16-12-14-18(28-2)15-13-16)24-23(27)22-19-10-7-11-21(19)26(25-22)17-8-5-4-6-9-17/h4-6,8-9,12-15,20H,3,7,10-11H2,1-2H3,(H,24,27). The lowest BCUT2D eigenvalue weighted by molar-refractivity contribution is 0.0929. The third kappa shape index (κ3) is 3.40. The van der Waals surface area contributed by atoms with Crippen LogP contribution in [0.3, 0.4) is 0 Å². The summed E-state index contributed by atoms with van der Waals surface area (Å²) >= 11 is 0. The number of nitrogens with one attached hydrogen (secondary N) is 1. The normalized spacial score (nSPS) is 13.8. The van der Waals surface area contributed by atoms with Crippen molar-refractivity contribution in [1.82, 2.24) is 15.1 Å². The monoisotopic (exact) mass is 375 g/mol. The summed E-state index contributed by atoms with van der Waals surface area (Å²) < 4.78 is 7.16. The Bertz CT molecular complexity index is 962. The van der Waals surface area contributed by atoms with E-state index in [9.17, 15) is 4.79 Å². The van der Waals surface area contributed by atoms with Gasteiger partial charge in [0.05, 0.1) is 18.8 Å². The van der Waals surface area contributed by atoms with Gasteiger partial charge in [-0.05, 0) is 55.5 Å². The highest BCUT2D eigenvalue weighted by molar-refractivity contribution is 5.94. The molecule has 0 spiro atoms. The van der Waals surface area contributed by atoms with E-state index in [1.54, 1.807) is 7.11 Å². The van der Waals surface area contributed by atoms with Crippen LogP contribution in [0.5, 0.6) is 5.75 Å². The van der Waals surface area contributed by atoms with Crippen LogP contribution < -0.4 is 10.1 Å². The van der Waals surface area contributed by atoms with Crippen molar-refractivity contribution in [3.8, 4) is 11.4 Å². The number of aromatic nitrogens is 2. The van der Waals surface area contributed by atoms with Crippen LogP contribution in [0.15, 0.2) is 54.6 Å². The lowest BCUT2D eigenvalue weighted by Gasteiger charge is -2.17. The van der Waals surface area contributed by atoms with Crippen molar-refractivity contribution in [1.29, 1.82) is 0 Å². The number of carbonyl (C=O) groups excluding carboxylic acids is 1. The van der Waals surface area contributed by atoms with Gasteiger partial charge in [0.15, 0.2) is 5.69 Å². The minimum Gasteiger partial charge on any atom is -0.497 e. The number of para-hydroxylation sites is 1. The molecule has 1 N–H and O–H groups in total. The van der Waals surface area contributed by atoms with Crippen LogP contribution in [0.2, 0.25) is 0 Å². The molecule has 1 heterocycles. The number of ether oxygens (including phenoxy) is 1. The summed E-state index contributed by atoms with van der Waals surface area (Å²) in [6, 6.07) is 17.8. The molecule has 144 valence electrons. The van der Waals surface area contributed by atoms with Crippen LogP contribution in [-0.2, 0) is 12.8 Å². The van der Waals surface area contributed by atoms with Gasteiger partial charge in [-0.2, -0.15) is 5.10 Å². The van der Waals surface area contributed by atoms with Crippen molar-refractivity contribution >= 4 is 5.91 Å².